The fourth-order valence-corrected chi connectivity index (χ4v) is 2.15. The third kappa shape index (κ3) is 3.65. The van der Waals surface area contributed by atoms with E-state index in [0.29, 0.717) is 36.7 Å². The van der Waals surface area contributed by atoms with Crippen molar-refractivity contribution < 1.29 is 24.2 Å². The third-order valence-corrected chi connectivity index (χ3v) is 3.26. The minimum Gasteiger partial charge on any atom is -0.486 e. The van der Waals surface area contributed by atoms with Gasteiger partial charge < -0.3 is 19.9 Å². The molecule has 2 rings (SSSR count). The number of fused-ring (bicyclic) bond motifs is 1. The number of hydrogen-bond acceptors (Lipinski definition) is 4. The molecule has 0 spiro atoms. The van der Waals surface area contributed by atoms with E-state index < -0.39 is 17.9 Å². The smallest absolute Gasteiger partial charge is 0.326 e. The maximum atomic E-state index is 12.3. The number of para-hydroxylation sites is 1. The van der Waals surface area contributed by atoms with Crippen molar-refractivity contribution in [2.45, 2.75) is 32.2 Å². The zero-order valence-electron chi connectivity index (χ0n) is 11.9. The Morgan fingerprint density at radius 2 is 2.10 bits per heavy atom. The summed E-state index contributed by atoms with van der Waals surface area (Å²) in [5.74, 6) is -0.602. The summed E-state index contributed by atoms with van der Waals surface area (Å²) in [5.41, 5.74) is 0.301. The Kier molecular flexibility index (Phi) is 5.03. The molecule has 2 N–H and O–H groups in total. The first-order valence-electron chi connectivity index (χ1n) is 7.05. The number of carbonyl (C=O) groups excluding carboxylic acids is 1. The fraction of sp³-hybridized carbons (Fsp3) is 0.467. The zero-order chi connectivity index (χ0) is 15.2. The monoisotopic (exact) mass is 293 g/mol. The first-order valence-corrected chi connectivity index (χ1v) is 7.05. The van der Waals surface area contributed by atoms with E-state index in [1.54, 1.807) is 18.2 Å². The number of ether oxygens (including phenoxy) is 2. The molecule has 6 heteroatoms. The van der Waals surface area contributed by atoms with Gasteiger partial charge in [0.2, 0.25) is 0 Å². The summed E-state index contributed by atoms with van der Waals surface area (Å²) < 4.78 is 10.9. The van der Waals surface area contributed by atoms with E-state index in [1.807, 2.05) is 6.92 Å². The van der Waals surface area contributed by atoms with Crippen LogP contribution in [0.1, 0.15) is 36.5 Å². The van der Waals surface area contributed by atoms with Gasteiger partial charge in [-0.25, -0.2) is 4.79 Å². The predicted octanol–water partition coefficient (Wildman–Crippen LogP) is 1.83. The van der Waals surface area contributed by atoms with Crippen LogP contribution in [0.25, 0.3) is 0 Å². The molecule has 0 bridgehead atoms. The SMILES string of the molecule is CCCCC(NC(=O)c1cccc2c1OCCO2)C(=O)O. The van der Waals surface area contributed by atoms with Gasteiger partial charge in [-0.05, 0) is 18.6 Å². The molecule has 1 amide bonds. The van der Waals surface area contributed by atoms with E-state index in [1.165, 1.54) is 0 Å². The van der Waals surface area contributed by atoms with Gasteiger partial charge in [0.05, 0.1) is 5.56 Å². The summed E-state index contributed by atoms with van der Waals surface area (Å²) in [5, 5.41) is 11.7. The Labute approximate surface area is 123 Å². The maximum absolute atomic E-state index is 12.3. The molecule has 6 nitrogen and oxygen atoms in total. The molecule has 0 saturated heterocycles. The number of carboxylic acids is 1. The second kappa shape index (κ2) is 6.97. The van der Waals surface area contributed by atoms with Gasteiger partial charge in [0, 0.05) is 0 Å². The Morgan fingerprint density at radius 3 is 2.81 bits per heavy atom. The van der Waals surface area contributed by atoms with Crippen molar-refractivity contribution in [3.05, 3.63) is 23.8 Å². The van der Waals surface area contributed by atoms with Gasteiger partial charge >= 0.3 is 5.97 Å². The van der Waals surface area contributed by atoms with Crippen LogP contribution in [0, 0.1) is 0 Å². The van der Waals surface area contributed by atoms with Crippen LogP contribution in [0.15, 0.2) is 18.2 Å². The molecule has 1 aliphatic rings. The molecule has 1 heterocycles. The van der Waals surface area contributed by atoms with Crippen LogP contribution in [0.4, 0.5) is 0 Å². The molecule has 0 fully saturated rings. The largest absolute Gasteiger partial charge is 0.486 e. The zero-order valence-corrected chi connectivity index (χ0v) is 11.9. The highest BCUT2D eigenvalue weighted by atomic mass is 16.6. The standard InChI is InChI=1S/C15H19NO5/c1-2-3-6-11(15(18)19)16-14(17)10-5-4-7-12-13(10)21-9-8-20-12/h4-5,7,11H,2-3,6,8-9H2,1H3,(H,16,17)(H,18,19). The van der Waals surface area contributed by atoms with Crippen molar-refractivity contribution in [1.82, 2.24) is 5.32 Å². The summed E-state index contributed by atoms with van der Waals surface area (Å²) >= 11 is 0. The lowest BCUT2D eigenvalue weighted by molar-refractivity contribution is -0.139. The summed E-state index contributed by atoms with van der Waals surface area (Å²) in [7, 11) is 0. The number of amides is 1. The maximum Gasteiger partial charge on any atom is 0.326 e. The number of hydrogen-bond donors (Lipinski definition) is 2. The lowest BCUT2D eigenvalue weighted by Gasteiger charge is -2.21. The first kappa shape index (κ1) is 15.2. The minimum absolute atomic E-state index is 0.301. The van der Waals surface area contributed by atoms with E-state index in [0.717, 1.165) is 12.8 Å². The number of nitrogens with one attached hydrogen (secondary N) is 1. The highest BCUT2D eigenvalue weighted by Crippen LogP contribution is 2.33. The highest BCUT2D eigenvalue weighted by molar-refractivity contribution is 5.99. The lowest BCUT2D eigenvalue weighted by atomic mass is 10.1. The van der Waals surface area contributed by atoms with Gasteiger partial charge in [-0.15, -0.1) is 0 Å². The highest BCUT2D eigenvalue weighted by Gasteiger charge is 2.24. The Bertz CT molecular complexity index is 529. The summed E-state index contributed by atoms with van der Waals surface area (Å²) in [6.07, 6.45) is 2.02. The van der Waals surface area contributed by atoms with Gasteiger partial charge in [-0.1, -0.05) is 25.8 Å². The van der Waals surface area contributed by atoms with Gasteiger partial charge in [-0.2, -0.15) is 0 Å². The van der Waals surface area contributed by atoms with E-state index in [9.17, 15) is 9.59 Å². The van der Waals surface area contributed by atoms with E-state index in [4.69, 9.17) is 14.6 Å². The van der Waals surface area contributed by atoms with Crippen molar-refractivity contribution in [1.29, 1.82) is 0 Å². The summed E-state index contributed by atoms with van der Waals surface area (Å²) in [6.45, 7) is 2.78. The van der Waals surface area contributed by atoms with E-state index >= 15 is 0 Å². The minimum atomic E-state index is -1.03. The fourth-order valence-electron chi connectivity index (χ4n) is 2.15. The Morgan fingerprint density at radius 1 is 1.33 bits per heavy atom. The Balaban J connectivity index is 2.14. The normalized spacial score (nSPS) is 14.3. The third-order valence-electron chi connectivity index (χ3n) is 3.26. The number of unbranched alkanes of at least 4 members (excludes halogenated alkanes) is 1. The molecular weight excluding hydrogens is 274 g/mol. The van der Waals surface area contributed by atoms with Crippen molar-refractivity contribution >= 4 is 11.9 Å². The molecule has 1 aliphatic heterocycles. The second-order valence-electron chi connectivity index (χ2n) is 4.84. The van der Waals surface area contributed by atoms with Crippen LogP contribution in [0.5, 0.6) is 11.5 Å². The molecule has 1 aromatic rings. The molecule has 1 atom stereocenters. The van der Waals surface area contributed by atoms with Crippen molar-refractivity contribution in [2.75, 3.05) is 13.2 Å². The van der Waals surface area contributed by atoms with Gasteiger partial charge in [0.25, 0.3) is 5.91 Å². The topological polar surface area (TPSA) is 84.9 Å². The van der Waals surface area contributed by atoms with Crippen molar-refractivity contribution in [3.8, 4) is 11.5 Å². The molecule has 1 aromatic carbocycles. The van der Waals surface area contributed by atoms with Crippen LogP contribution < -0.4 is 14.8 Å². The number of carboxylic acid groups (broad SMARTS) is 1. The number of carbonyl (C=O) groups is 2. The van der Waals surface area contributed by atoms with E-state index in [2.05, 4.69) is 5.32 Å². The molecule has 21 heavy (non-hydrogen) atoms. The van der Waals surface area contributed by atoms with Crippen molar-refractivity contribution in [3.63, 3.8) is 0 Å². The van der Waals surface area contributed by atoms with Gasteiger partial charge in [-0.3, -0.25) is 4.79 Å². The second-order valence-corrected chi connectivity index (χ2v) is 4.84. The Hall–Kier alpha value is -2.24. The number of rotatable bonds is 6. The summed E-state index contributed by atoms with van der Waals surface area (Å²) in [4.78, 5) is 23.5. The molecule has 0 aliphatic carbocycles. The molecule has 0 aromatic heterocycles. The van der Waals surface area contributed by atoms with Crippen molar-refractivity contribution in [2.24, 2.45) is 0 Å². The van der Waals surface area contributed by atoms with Crippen LogP contribution in [0.2, 0.25) is 0 Å². The van der Waals surface area contributed by atoms with Crippen LogP contribution in [-0.4, -0.2) is 36.2 Å². The quantitative estimate of drug-likeness (QED) is 0.836. The molecule has 114 valence electrons. The van der Waals surface area contributed by atoms with Crippen LogP contribution in [0.3, 0.4) is 0 Å². The molecule has 0 saturated carbocycles. The predicted molar refractivity (Wildman–Crippen MR) is 75.8 cm³/mol. The van der Waals surface area contributed by atoms with Crippen LogP contribution >= 0.6 is 0 Å². The number of aliphatic carboxylic acids is 1. The summed E-state index contributed by atoms with van der Waals surface area (Å²) in [6, 6.07) is 4.11. The van der Waals surface area contributed by atoms with Crippen LogP contribution in [-0.2, 0) is 4.79 Å². The van der Waals surface area contributed by atoms with Gasteiger partial charge in [0.15, 0.2) is 11.5 Å². The van der Waals surface area contributed by atoms with Gasteiger partial charge in [0.1, 0.15) is 19.3 Å². The average molecular weight is 293 g/mol. The average Bonchev–Trinajstić information content (AvgIpc) is 2.50. The molecule has 0 radical (unpaired) electrons. The number of benzene rings is 1. The van der Waals surface area contributed by atoms with E-state index in [-0.39, 0.29) is 0 Å². The molecular formula is C15H19NO5. The first-order chi connectivity index (χ1) is 10.1. The lowest BCUT2D eigenvalue weighted by Crippen LogP contribution is -2.41. The molecule has 1 unspecified atom stereocenters.